The van der Waals surface area contributed by atoms with Crippen LogP contribution in [-0.4, -0.2) is 33.5 Å². The standard InChI is InChI=1S/C24H25N3O3/c1-15-6-7-21-18(10-15)11-17(13-30-21)12-20(28)23-24(19-5-3-4-16(2)25-19)27-8-9-29-14-22(27)26-23/h3-7,10,17H,8-9,11-14H2,1-2H3. The summed E-state index contributed by atoms with van der Waals surface area (Å²) in [5, 5.41) is 0. The zero-order valence-electron chi connectivity index (χ0n) is 17.4. The minimum Gasteiger partial charge on any atom is -0.493 e. The van der Waals surface area contributed by atoms with Crippen LogP contribution in [0.25, 0.3) is 11.4 Å². The first-order valence-corrected chi connectivity index (χ1v) is 10.4. The highest BCUT2D eigenvalue weighted by atomic mass is 16.5. The van der Waals surface area contributed by atoms with E-state index in [1.54, 1.807) is 0 Å². The number of carbonyl (C=O) groups excluding carboxylic acids is 1. The Morgan fingerprint density at radius 2 is 2.10 bits per heavy atom. The van der Waals surface area contributed by atoms with Crippen molar-refractivity contribution in [3.05, 3.63) is 64.7 Å². The monoisotopic (exact) mass is 403 g/mol. The van der Waals surface area contributed by atoms with Crippen LogP contribution < -0.4 is 4.74 Å². The normalized spacial score (nSPS) is 17.7. The molecular formula is C24H25N3O3. The number of imidazole rings is 1. The lowest BCUT2D eigenvalue weighted by Gasteiger charge is -2.25. The summed E-state index contributed by atoms with van der Waals surface area (Å²) in [4.78, 5) is 22.8. The molecule has 3 aromatic rings. The van der Waals surface area contributed by atoms with E-state index >= 15 is 0 Å². The van der Waals surface area contributed by atoms with Gasteiger partial charge in [0, 0.05) is 24.6 Å². The van der Waals surface area contributed by atoms with Crippen LogP contribution in [-0.2, 0) is 24.3 Å². The van der Waals surface area contributed by atoms with Crippen LogP contribution in [0.1, 0.15) is 39.6 Å². The van der Waals surface area contributed by atoms with Crippen molar-refractivity contribution in [2.45, 2.75) is 39.8 Å². The Balaban J connectivity index is 1.45. The third-order valence-electron chi connectivity index (χ3n) is 5.81. The van der Waals surface area contributed by atoms with Crippen molar-refractivity contribution in [3.8, 4) is 17.1 Å². The predicted octanol–water partition coefficient (Wildman–Crippen LogP) is 3.92. The van der Waals surface area contributed by atoms with Crippen LogP contribution in [0.3, 0.4) is 0 Å². The lowest BCUT2D eigenvalue weighted by Crippen LogP contribution is -2.24. The SMILES string of the molecule is Cc1ccc2c(c1)CC(CC(=O)c1nc3n(c1-c1cccc(C)n1)CCOC3)CO2. The molecule has 0 spiro atoms. The molecule has 0 fully saturated rings. The Hall–Kier alpha value is -2.99. The van der Waals surface area contributed by atoms with Crippen molar-refractivity contribution in [1.82, 2.24) is 14.5 Å². The van der Waals surface area contributed by atoms with Gasteiger partial charge in [0.1, 0.15) is 23.9 Å². The van der Waals surface area contributed by atoms with Gasteiger partial charge in [0.25, 0.3) is 0 Å². The summed E-state index contributed by atoms with van der Waals surface area (Å²) in [5.74, 6) is 1.91. The van der Waals surface area contributed by atoms with Crippen molar-refractivity contribution in [3.63, 3.8) is 0 Å². The third kappa shape index (κ3) is 3.52. The highest BCUT2D eigenvalue weighted by Crippen LogP contribution is 2.32. The number of hydrogen-bond donors (Lipinski definition) is 0. The van der Waals surface area contributed by atoms with Crippen molar-refractivity contribution >= 4 is 5.78 Å². The van der Waals surface area contributed by atoms with Gasteiger partial charge in [-0.15, -0.1) is 0 Å². The number of rotatable bonds is 4. The number of aryl methyl sites for hydroxylation is 2. The van der Waals surface area contributed by atoms with E-state index in [1.165, 1.54) is 11.1 Å². The second-order valence-electron chi connectivity index (χ2n) is 8.21. The van der Waals surface area contributed by atoms with Gasteiger partial charge >= 0.3 is 0 Å². The Morgan fingerprint density at radius 1 is 1.20 bits per heavy atom. The van der Waals surface area contributed by atoms with E-state index in [4.69, 9.17) is 9.47 Å². The molecule has 5 rings (SSSR count). The summed E-state index contributed by atoms with van der Waals surface area (Å²) in [7, 11) is 0. The van der Waals surface area contributed by atoms with Crippen molar-refractivity contribution in [2.75, 3.05) is 13.2 Å². The molecule has 0 saturated heterocycles. The van der Waals surface area contributed by atoms with Crippen LogP contribution in [0.15, 0.2) is 36.4 Å². The van der Waals surface area contributed by atoms with Crippen molar-refractivity contribution in [1.29, 1.82) is 0 Å². The molecule has 0 radical (unpaired) electrons. The van der Waals surface area contributed by atoms with Gasteiger partial charge in [0.15, 0.2) is 5.78 Å². The van der Waals surface area contributed by atoms with Crippen LogP contribution in [0, 0.1) is 19.8 Å². The minimum atomic E-state index is 0.0416. The second kappa shape index (κ2) is 7.69. The molecule has 1 aromatic carbocycles. The van der Waals surface area contributed by atoms with E-state index in [0.29, 0.717) is 38.5 Å². The van der Waals surface area contributed by atoms with Crippen LogP contribution in [0.2, 0.25) is 0 Å². The van der Waals surface area contributed by atoms with Gasteiger partial charge in [-0.3, -0.25) is 9.78 Å². The van der Waals surface area contributed by atoms with E-state index in [1.807, 2.05) is 31.2 Å². The molecule has 154 valence electrons. The molecule has 1 atom stereocenters. The third-order valence-corrected chi connectivity index (χ3v) is 5.81. The first-order chi connectivity index (χ1) is 14.6. The summed E-state index contributed by atoms with van der Waals surface area (Å²) in [5.41, 5.74) is 5.41. The summed E-state index contributed by atoms with van der Waals surface area (Å²) in [6.07, 6.45) is 1.25. The Bertz CT molecular complexity index is 1120. The van der Waals surface area contributed by atoms with Gasteiger partial charge in [-0.25, -0.2) is 4.98 Å². The smallest absolute Gasteiger partial charge is 0.183 e. The van der Waals surface area contributed by atoms with Crippen LogP contribution in [0.4, 0.5) is 0 Å². The maximum Gasteiger partial charge on any atom is 0.183 e. The number of ether oxygens (including phenoxy) is 2. The molecule has 1 unspecified atom stereocenters. The average molecular weight is 403 g/mol. The van der Waals surface area contributed by atoms with E-state index < -0.39 is 0 Å². The zero-order chi connectivity index (χ0) is 20.7. The van der Waals surface area contributed by atoms with Crippen molar-refractivity contribution in [2.24, 2.45) is 5.92 Å². The summed E-state index contributed by atoms with van der Waals surface area (Å²) in [6, 6.07) is 12.1. The van der Waals surface area contributed by atoms with Gasteiger partial charge < -0.3 is 14.0 Å². The van der Waals surface area contributed by atoms with E-state index in [9.17, 15) is 4.79 Å². The summed E-state index contributed by atoms with van der Waals surface area (Å²) < 4.78 is 13.6. The molecule has 0 amide bonds. The molecule has 6 heteroatoms. The van der Waals surface area contributed by atoms with E-state index in [-0.39, 0.29) is 11.7 Å². The Kier molecular flexibility index (Phi) is 4.87. The molecular weight excluding hydrogens is 378 g/mol. The van der Waals surface area contributed by atoms with Gasteiger partial charge in [0.05, 0.1) is 24.6 Å². The highest BCUT2D eigenvalue weighted by Gasteiger charge is 2.29. The minimum absolute atomic E-state index is 0.0416. The quantitative estimate of drug-likeness (QED) is 0.618. The molecule has 6 nitrogen and oxygen atoms in total. The number of carbonyl (C=O) groups is 1. The molecule has 4 heterocycles. The molecule has 0 saturated carbocycles. The number of Topliss-reactive ketones (excluding diaryl/α,β-unsaturated/α-hetero) is 1. The molecule has 0 aliphatic carbocycles. The second-order valence-corrected chi connectivity index (χ2v) is 8.21. The molecule has 0 N–H and O–H groups in total. The van der Waals surface area contributed by atoms with E-state index in [2.05, 4.69) is 33.6 Å². The fraction of sp³-hybridized carbons (Fsp3) is 0.375. The van der Waals surface area contributed by atoms with E-state index in [0.717, 1.165) is 35.1 Å². The topological polar surface area (TPSA) is 66.2 Å². The van der Waals surface area contributed by atoms with Crippen LogP contribution in [0.5, 0.6) is 5.75 Å². The van der Waals surface area contributed by atoms with Gasteiger partial charge in [-0.2, -0.15) is 0 Å². The molecule has 2 aliphatic rings. The van der Waals surface area contributed by atoms with Gasteiger partial charge in [-0.1, -0.05) is 23.8 Å². The number of aromatic nitrogens is 3. The average Bonchev–Trinajstić information content (AvgIpc) is 3.13. The molecule has 2 aromatic heterocycles. The number of nitrogens with zero attached hydrogens (tertiary/aromatic N) is 3. The lowest BCUT2D eigenvalue weighted by molar-refractivity contribution is 0.0820. The van der Waals surface area contributed by atoms with Gasteiger partial charge in [-0.05, 0) is 44.0 Å². The Labute approximate surface area is 175 Å². The predicted molar refractivity (Wildman–Crippen MR) is 113 cm³/mol. The Morgan fingerprint density at radius 3 is 2.97 bits per heavy atom. The summed E-state index contributed by atoms with van der Waals surface area (Å²) >= 11 is 0. The van der Waals surface area contributed by atoms with Crippen LogP contribution >= 0.6 is 0 Å². The molecule has 2 aliphatic heterocycles. The number of benzene rings is 1. The molecule has 30 heavy (non-hydrogen) atoms. The first kappa shape index (κ1) is 19.0. The fourth-order valence-corrected chi connectivity index (χ4v) is 4.37. The fourth-order valence-electron chi connectivity index (χ4n) is 4.37. The number of ketones is 1. The lowest BCUT2D eigenvalue weighted by atomic mass is 9.90. The number of hydrogen-bond acceptors (Lipinski definition) is 5. The number of fused-ring (bicyclic) bond motifs is 2. The zero-order valence-corrected chi connectivity index (χ0v) is 17.4. The molecule has 0 bridgehead atoms. The first-order valence-electron chi connectivity index (χ1n) is 10.4. The van der Waals surface area contributed by atoms with Crippen molar-refractivity contribution < 1.29 is 14.3 Å². The highest BCUT2D eigenvalue weighted by molar-refractivity contribution is 6.00. The number of pyridine rings is 1. The maximum atomic E-state index is 13.4. The largest absolute Gasteiger partial charge is 0.493 e. The van der Waals surface area contributed by atoms with Gasteiger partial charge in [0.2, 0.25) is 0 Å². The summed E-state index contributed by atoms with van der Waals surface area (Å²) in [6.45, 7) is 6.30. The maximum absolute atomic E-state index is 13.4.